The van der Waals surface area contributed by atoms with Crippen LogP contribution in [0.2, 0.25) is 0 Å². The number of ether oxygens (including phenoxy) is 3. The maximum absolute atomic E-state index is 5.49. The topological polar surface area (TPSA) is 58.6 Å². The lowest BCUT2D eigenvalue weighted by molar-refractivity contribution is 0.172. The Kier molecular flexibility index (Phi) is 8.85. The first-order valence-electron chi connectivity index (χ1n) is 10.7. The molecule has 1 fully saturated rings. The summed E-state index contributed by atoms with van der Waals surface area (Å²) in [5.41, 5.74) is 1.15. The van der Waals surface area contributed by atoms with Crippen LogP contribution in [0.25, 0.3) is 0 Å². The van der Waals surface area contributed by atoms with E-state index in [0.717, 1.165) is 63.8 Å². The summed E-state index contributed by atoms with van der Waals surface area (Å²) in [6.07, 6.45) is 0.994. The van der Waals surface area contributed by atoms with E-state index in [1.165, 1.54) is 4.88 Å². The molecule has 170 valence electrons. The molecule has 1 aliphatic rings. The number of methoxy groups -OCH3 is 3. The highest BCUT2D eigenvalue weighted by atomic mass is 32.1. The largest absolute Gasteiger partial charge is 0.493 e. The third-order valence-corrected chi connectivity index (χ3v) is 6.27. The highest BCUT2D eigenvalue weighted by Gasteiger charge is 2.21. The van der Waals surface area contributed by atoms with E-state index >= 15 is 0 Å². The molecule has 8 heteroatoms. The van der Waals surface area contributed by atoms with Gasteiger partial charge in [0.1, 0.15) is 0 Å². The zero-order valence-electron chi connectivity index (χ0n) is 19.0. The number of aliphatic imine (C=N–C) groups is 1. The van der Waals surface area contributed by atoms with Crippen LogP contribution in [0.5, 0.6) is 17.2 Å². The van der Waals surface area contributed by atoms with Crippen molar-refractivity contribution in [3.63, 3.8) is 0 Å². The van der Waals surface area contributed by atoms with E-state index in [1.807, 2.05) is 12.1 Å². The Labute approximate surface area is 189 Å². The van der Waals surface area contributed by atoms with E-state index in [4.69, 9.17) is 19.2 Å². The number of rotatable bonds is 9. The van der Waals surface area contributed by atoms with Crippen LogP contribution in [0.4, 0.5) is 0 Å². The summed E-state index contributed by atoms with van der Waals surface area (Å²) in [7, 11) is 4.93. The molecule has 0 amide bonds. The van der Waals surface area contributed by atoms with Crippen molar-refractivity contribution in [2.24, 2.45) is 4.99 Å². The Morgan fingerprint density at radius 2 is 1.77 bits per heavy atom. The summed E-state index contributed by atoms with van der Waals surface area (Å²) in [5, 5.41) is 5.58. The van der Waals surface area contributed by atoms with E-state index in [2.05, 4.69) is 39.6 Å². The number of thiophene rings is 1. The normalized spacial score (nSPS) is 15.1. The van der Waals surface area contributed by atoms with Crippen molar-refractivity contribution in [2.75, 3.05) is 60.6 Å². The van der Waals surface area contributed by atoms with Crippen LogP contribution in [0.15, 0.2) is 34.6 Å². The third kappa shape index (κ3) is 6.27. The molecular formula is C23H34N4O3S. The molecule has 1 aliphatic heterocycles. The van der Waals surface area contributed by atoms with Crippen molar-refractivity contribution in [1.82, 2.24) is 15.1 Å². The highest BCUT2D eigenvalue weighted by Crippen LogP contribution is 2.38. The summed E-state index contributed by atoms with van der Waals surface area (Å²) in [4.78, 5) is 11.1. The Bertz CT molecular complexity index is 808. The smallest absolute Gasteiger partial charge is 0.203 e. The monoisotopic (exact) mass is 446 g/mol. The molecule has 0 atom stereocenters. The van der Waals surface area contributed by atoms with Crippen LogP contribution in [-0.4, -0.2) is 76.4 Å². The fraction of sp³-hybridized carbons (Fsp3) is 0.522. The van der Waals surface area contributed by atoms with Gasteiger partial charge in [-0.2, -0.15) is 0 Å². The molecule has 1 aromatic heterocycles. The number of nitrogens with one attached hydrogen (secondary N) is 1. The zero-order valence-corrected chi connectivity index (χ0v) is 19.8. The summed E-state index contributed by atoms with van der Waals surface area (Å²) in [6, 6.07) is 8.34. The predicted octanol–water partition coefficient (Wildman–Crippen LogP) is 3.10. The van der Waals surface area contributed by atoms with Crippen molar-refractivity contribution in [1.29, 1.82) is 0 Å². The Morgan fingerprint density at radius 3 is 2.32 bits per heavy atom. The van der Waals surface area contributed by atoms with Crippen molar-refractivity contribution in [2.45, 2.75) is 19.9 Å². The van der Waals surface area contributed by atoms with Crippen LogP contribution >= 0.6 is 11.3 Å². The highest BCUT2D eigenvalue weighted by molar-refractivity contribution is 7.09. The van der Waals surface area contributed by atoms with Crippen molar-refractivity contribution < 1.29 is 14.2 Å². The Balaban J connectivity index is 1.57. The van der Waals surface area contributed by atoms with Gasteiger partial charge in [0, 0.05) is 57.1 Å². The van der Waals surface area contributed by atoms with Gasteiger partial charge in [0.2, 0.25) is 5.75 Å². The SMILES string of the molecule is CCNC(=NCCc1cccs1)N1CCN(Cc2cc(OC)c(OC)c(OC)c2)CC1. The number of benzene rings is 1. The van der Waals surface area contributed by atoms with Gasteiger partial charge in [-0.15, -0.1) is 11.3 Å². The van der Waals surface area contributed by atoms with Gasteiger partial charge in [-0.05, 0) is 36.1 Å². The van der Waals surface area contributed by atoms with Crippen LogP contribution in [0.1, 0.15) is 17.4 Å². The van der Waals surface area contributed by atoms with Crippen molar-refractivity contribution in [3.8, 4) is 17.2 Å². The first-order chi connectivity index (χ1) is 15.2. The molecule has 0 aliphatic carbocycles. The van der Waals surface area contributed by atoms with Crippen LogP contribution in [0, 0.1) is 0 Å². The molecule has 1 N–H and O–H groups in total. The number of piperazine rings is 1. The van der Waals surface area contributed by atoms with Gasteiger partial charge in [-0.1, -0.05) is 6.07 Å². The Morgan fingerprint density at radius 1 is 1.06 bits per heavy atom. The number of guanidine groups is 1. The average Bonchev–Trinajstić information content (AvgIpc) is 3.32. The molecule has 7 nitrogen and oxygen atoms in total. The molecular weight excluding hydrogens is 412 g/mol. The van der Waals surface area contributed by atoms with Gasteiger partial charge in [0.05, 0.1) is 21.3 Å². The molecule has 31 heavy (non-hydrogen) atoms. The number of hydrogen-bond donors (Lipinski definition) is 1. The lowest BCUT2D eigenvalue weighted by Gasteiger charge is -2.36. The predicted molar refractivity (Wildman–Crippen MR) is 127 cm³/mol. The number of hydrogen-bond acceptors (Lipinski definition) is 6. The van der Waals surface area contributed by atoms with Gasteiger partial charge >= 0.3 is 0 Å². The van der Waals surface area contributed by atoms with Crippen LogP contribution < -0.4 is 19.5 Å². The maximum atomic E-state index is 5.49. The minimum Gasteiger partial charge on any atom is -0.493 e. The molecule has 0 saturated carbocycles. The van der Waals surface area contributed by atoms with Crippen molar-refractivity contribution in [3.05, 3.63) is 40.1 Å². The summed E-state index contributed by atoms with van der Waals surface area (Å²) >= 11 is 1.80. The molecule has 1 saturated heterocycles. The summed E-state index contributed by atoms with van der Waals surface area (Å²) < 4.78 is 16.4. The fourth-order valence-corrected chi connectivity index (χ4v) is 4.45. The zero-order chi connectivity index (χ0) is 22.1. The second kappa shape index (κ2) is 11.8. The lowest BCUT2D eigenvalue weighted by Crippen LogP contribution is -2.52. The van der Waals surface area contributed by atoms with Crippen LogP contribution in [-0.2, 0) is 13.0 Å². The molecule has 2 heterocycles. The average molecular weight is 447 g/mol. The quantitative estimate of drug-likeness (QED) is 0.472. The van der Waals surface area contributed by atoms with Gasteiger partial charge < -0.3 is 24.4 Å². The van der Waals surface area contributed by atoms with Gasteiger partial charge in [0.15, 0.2) is 17.5 Å². The first-order valence-corrected chi connectivity index (χ1v) is 11.6. The maximum Gasteiger partial charge on any atom is 0.203 e. The molecule has 0 spiro atoms. The first kappa shape index (κ1) is 23.2. The van der Waals surface area contributed by atoms with E-state index in [9.17, 15) is 0 Å². The van der Waals surface area contributed by atoms with E-state index in [0.29, 0.717) is 17.2 Å². The van der Waals surface area contributed by atoms with Gasteiger partial charge in [0.25, 0.3) is 0 Å². The minimum atomic E-state index is 0.632. The van der Waals surface area contributed by atoms with Crippen LogP contribution in [0.3, 0.4) is 0 Å². The Hall–Kier alpha value is -2.45. The van der Waals surface area contributed by atoms with Crippen molar-refractivity contribution >= 4 is 17.3 Å². The van der Waals surface area contributed by atoms with Gasteiger partial charge in [-0.3, -0.25) is 9.89 Å². The minimum absolute atomic E-state index is 0.632. The number of nitrogens with zero attached hydrogens (tertiary/aromatic N) is 3. The molecule has 0 bridgehead atoms. The van der Waals surface area contributed by atoms with E-state index in [-0.39, 0.29) is 0 Å². The van der Waals surface area contributed by atoms with Gasteiger partial charge in [-0.25, -0.2) is 0 Å². The molecule has 1 aromatic carbocycles. The molecule has 0 unspecified atom stereocenters. The standard InChI is InChI=1S/C23H34N4O3S/c1-5-24-23(25-9-8-19-7-6-14-31-19)27-12-10-26(11-13-27)17-18-15-20(28-2)22(30-4)21(16-18)29-3/h6-7,14-16H,5,8-13,17H2,1-4H3,(H,24,25). The molecule has 3 rings (SSSR count). The van der Waals surface area contributed by atoms with E-state index < -0.39 is 0 Å². The third-order valence-electron chi connectivity index (χ3n) is 5.34. The molecule has 0 radical (unpaired) electrons. The second-order valence-corrected chi connectivity index (χ2v) is 8.39. The lowest BCUT2D eigenvalue weighted by atomic mass is 10.1. The second-order valence-electron chi connectivity index (χ2n) is 7.36. The fourth-order valence-electron chi connectivity index (χ4n) is 3.76. The summed E-state index contributed by atoms with van der Waals surface area (Å²) in [5.74, 6) is 3.05. The molecule has 2 aromatic rings. The van der Waals surface area contributed by atoms with E-state index in [1.54, 1.807) is 32.7 Å². The summed E-state index contributed by atoms with van der Waals surface area (Å²) in [6.45, 7) is 8.52.